The number of hydrogen-bond donors (Lipinski definition) is 1. The molecule has 0 fully saturated rings. The Balaban J connectivity index is 1.95. The van der Waals surface area contributed by atoms with E-state index < -0.39 is 0 Å². The average Bonchev–Trinajstić information content (AvgIpc) is 2.55. The van der Waals surface area contributed by atoms with Crippen LogP contribution in [0.15, 0.2) is 66.9 Å². The molecule has 1 unspecified atom stereocenters. The highest BCUT2D eigenvalue weighted by Crippen LogP contribution is 2.28. The summed E-state index contributed by atoms with van der Waals surface area (Å²) in [6, 6.07) is 21.3. The van der Waals surface area contributed by atoms with E-state index in [2.05, 4.69) is 71.8 Å². The van der Waals surface area contributed by atoms with Crippen LogP contribution in [-0.2, 0) is 0 Å². The Hall–Kier alpha value is -2.35. The minimum Gasteiger partial charge on any atom is -0.376 e. The smallest absolute Gasteiger partial charge is 0.0933 e. The Labute approximate surface area is 125 Å². The molecule has 1 atom stereocenters. The molecule has 0 radical (unpaired) electrons. The molecule has 0 bridgehead atoms. The summed E-state index contributed by atoms with van der Waals surface area (Å²) in [4.78, 5) is 4.53. The van der Waals surface area contributed by atoms with Crippen molar-refractivity contribution in [2.45, 2.75) is 25.8 Å². The second kappa shape index (κ2) is 6.40. The van der Waals surface area contributed by atoms with Crippen molar-refractivity contribution < 1.29 is 0 Å². The lowest BCUT2D eigenvalue weighted by atomic mass is 10.0. The van der Waals surface area contributed by atoms with Gasteiger partial charge in [-0.15, -0.1) is 0 Å². The molecule has 0 aliphatic carbocycles. The normalized spacial score (nSPS) is 12.2. The van der Waals surface area contributed by atoms with Gasteiger partial charge in [0.15, 0.2) is 0 Å². The number of benzene rings is 2. The van der Waals surface area contributed by atoms with E-state index in [1.54, 1.807) is 0 Å². The molecule has 0 saturated carbocycles. The molecule has 3 aromatic rings. The molecule has 0 aliphatic rings. The lowest BCUT2D eigenvalue weighted by Crippen LogP contribution is -2.11. The summed E-state index contributed by atoms with van der Waals surface area (Å²) in [5.41, 5.74) is 3.47. The highest BCUT2D eigenvalue weighted by atomic mass is 14.9. The Kier molecular flexibility index (Phi) is 4.15. The zero-order chi connectivity index (χ0) is 14.5. The van der Waals surface area contributed by atoms with Gasteiger partial charge in [0.25, 0.3) is 0 Å². The fourth-order valence-electron chi connectivity index (χ4n) is 2.70. The number of nitrogens with zero attached hydrogens (tertiary/aromatic N) is 1. The van der Waals surface area contributed by atoms with Crippen molar-refractivity contribution in [1.29, 1.82) is 0 Å². The predicted molar refractivity (Wildman–Crippen MR) is 89.5 cm³/mol. The Morgan fingerprint density at radius 2 is 1.76 bits per heavy atom. The summed E-state index contributed by atoms with van der Waals surface area (Å²) in [5, 5.41) is 4.85. The Bertz CT molecular complexity index is 702. The van der Waals surface area contributed by atoms with Crippen LogP contribution in [0.25, 0.3) is 10.9 Å². The Morgan fingerprint density at radius 3 is 2.57 bits per heavy atom. The van der Waals surface area contributed by atoms with Crippen LogP contribution >= 0.6 is 0 Å². The van der Waals surface area contributed by atoms with Crippen LogP contribution in [0.3, 0.4) is 0 Å². The summed E-state index contributed by atoms with van der Waals surface area (Å²) in [7, 11) is 0. The van der Waals surface area contributed by atoms with Gasteiger partial charge in [-0.2, -0.15) is 0 Å². The third-order valence-corrected chi connectivity index (χ3v) is 3.74. The van der Waals surface area contributed by atoms with E-state index in [9.17, 15) is 0 Å². The van der Waals surface area contributed by atoms with Gasteiger partial charge in [0, 0.05) is 11.6 Å². The predicted octanol–water partition coefficient (Wildman–Crippen LogP) is 5.19. The minimum atomic E-state index is 0.323. The monoisotopic (exact) mass is 276 g/mol. The highest BCUT2D eigenvalue weighted by molar-refractivity contribution is 5.90. The third kappa shape index (κ3) is 3.05. The summed E-state index contributed by atoms with van der Waals surface area (Å²) >= 11 is 0. The first-order valence-corrected chi connectivity index (χ1v) is 7.53. The van der Waals surface area contributed by atoms with Crippen molar-refractivity contribution in [3.05, 3.63) is 72.4 Å². The first-order chi connectivity index (χ1) is 10.4. The third-order valence-electron chi connectivity index (χ3n) is 3.74. The standard InChI is InChI=1S/C19H20N2/c1-2-8-17(15-9-4-3-5-10-15)21-18-13-6-11-16-12-7-14-20-19(16)18/h3-7,9-14,17,21H,2,8H2,1H3. The molecule has 0 amide bonds. The molecule has 1 N–H and O–H groups in total. The van der Waals surface area contributed by atoms with Crippen LogP contribution in [0.4, 0.5) is 5.69 Å². The number of para-hydroxylation sites is 1. The van der Waals surface area contributed by atoms with E-state index in [-0.39, 0.29) is 0 Å². The summed E-state index contributed by atoms with van der Waals surface area (Å²) in [6.45, 7) is 2.22. The second-order valence-electron chi connectivity index (χ2n) is 5.28. The van der Waals surface area contributed by atoms with Gasteiger partial charge in [0.1, 0.15) is 0 Å². The van der Waals surface area contributed by atoms with Crippen LogP contribution in [0, 0.1) is 0 Å². The lowest BCUT2D eigenvalue weighted by molar-refractivity contribution is 0.678. The van der Waals surface area contributed by atoms with E-state index in [0.717, 1.165) is 24.0 Å². The van der Waals surface area contributed by atoms with Gasteiger partial charge in [-0.05, 0) is 24.1 Å². The average molecular weight is 276 g/mol. The molecule has 0 spiro atoms. The van der Waals surface area contributed by atoms with Gasteiger partial charge in [0.2, 0.25) is 0 Å². The van der Waals surface area contributed by atoms with E-state index >= 15 is 0 Å². The van der Waals surface area contributed by atoms with Gasteiger partial charge in [-0.1, -0.05) is 61.9 Å². The van der Waals surface area contributed by atoms with Gasteiger partial charge in [-0.3, -0.25) is 4.98 Å². The van der Waals surface area contributed by atoms with E-state index in [1.165, 1.54) is 10.9 Å². The van der Waals surface area contributed by atoms with Crippen molar-refractivity contribution in [3.8, 4) is 0 Å². The number of fused-ring (bicyclic) bond motifs is 1. The lowest BCUT2D eigenvalue weighted by Gasteiger charge is -2.20. The fraction of sp³-hybridized carbons (Fsp3) is 0.211. The van der Waals surface area contributed by atoms with Crippen LogP contribution in [0.1, 0.15) is 31.4 Å². The zero-order valence-corrected chi connectivity index (χ0v) is 12.3. The zero-order valence-electron chi connectivity index (χ0n) is 12.3. The summed E-state index contributed by atoms with van der Waals surface area (Å²) in [6.07, 6.45) is 4.10. The molecule has 0 aliphatic heterocycles. The van der Waals surface area contributed by atoms with Crippen molar-refractivity contribution in [2.24, 2.45) is 0 Å². The quantitative estimate of drug-likeness (QED) is 0.693. The van der Waals surface area contributed by atoms with E-state index in [4.69, 9.17) is 0 Å². The van der Waals surface area contributed by atoms with E-state index in [0.29, 0.717) is 6.04 Å². The van der Waals surface area contributed by atoms with Crippen molar-refractivity contribution in [3.63, 3.8) is 0 Å². The molecule has 2 nitrogen and oxygen atoms in total. The van der Waals surface area contributed by atoms with Crippen molar-refractivity contribution in [1.82, 2.24) is 4.98 Å². The number of rotatable bonds is 5. The summed E-state index contributed by atoms with van der Waals surface area (Å²) in [5.74, 6) is 0. The first kappa shape index (κ1) is 13.6. The van der Waals surface area contributed by atoms with Crippen LogP contribution < -0.4 is 5.32 Å². The number of hydrogen-bond acceptors (Lipinski definition) is 2. The van der Waals surface area contributed by atoms with Crippen molar-refractivity contribution in [2.75, 3.05) is 5.32 Å². The van der Waals surface area contributed by atoms with Crippen LogP contribution in [-0.4, -0.2) is 4.98 Å². The van der Waals surface area contributed by atoms with Crippen molar-refractivity contribution >= 4 is 16.6 Å². The second-order valence-corrected chi connectivity index (χ2v) is 5.28. The maximum atomic E-state index is 4.53. The van der Waals surface area contributed by atoms with Gasteiger partial charge >= 0.3 is 0 Å². The number of nitrogens with one attached hydrogen (secondary N) is 1. The molecule has 1 heterocycles. The largest absolute Gasteiger partial charge is 0.376 e. The SMILES string of the molecule is CCCC(Nc1cccc2cccnc12)c1ccccc1. The molecular formula is C19H20N2. The number of aromatic nitrogens is 1. The molecule has 2 heteroatoms. The fourth-order valence-corrected chi connectivity index (χ4v) is 2.70. The molecule has 1 aromatic heterocycles. The van der Waals surface area contributed by atoms with Crippen LogP contribution in [0.5, 0.6) is 0 Å². The first-order valence-electron chi connectivity index (χ1n) is 7.53. The molecule has 106 valence electrons. The summed E-state index contributed by atoms with van der Waals surface area (Å²) < 4.78 is 0. The topological polar surface area (TPSA) is 24.9 Å². The molecule has 21 heavy (non-hydrogen) atoms. The maximum absolute atomic E-state index is 4.53. The van der Waals surface area contributed by atoms with Gasteiger partial charge < -0.3 is 5.32 Å². The van der Waals surface area contributed by atoms with E-state index in [1.807, 2.05) is 12.3 Å². The highest BCUT2D eigenvalue weighted by Gasteiger charge is 2.11. The number of anilines is 1. The van der Waals surface area contributed by atoms with Crippen LogP contribution in [0.2, 0.25) is 0 Å². The molecule has 2 aromatic carbocycles. The molecule has 3 rings (SSSR count). The van der Waals surface area contributed by atoms with Gasteiger partial charge in [-0.25, -0.2) is 0 Å². The molecule has 0 saturated heterocycles. The maximum Gasteiger partial charge on any atom is 0.0933 e. The molecular weight excluding hydrogens is 256 g/mol. The number of pyridine rings is 1. The Morgan fingerprint density at radius 1 is 0.952 bits per heavy atom. The van der Waals surface area contributed by atoms with Gasteiger partial charge in [0.05, 0.1) is 17.2 Å². The minimum absolute atomic E-state index is 0.323.